The summed E-state index contributed by atoms with van der Waals surface area (Å²) < 4.78 is 23.4. The Kier molecular flexibility index (Phi) is 4.27. The summed E-state index contributed by atoms with van der Waals surface area (Å²) in [4.78, 5) is 15.4. The van der Waals surface area contributed by atoms with Crippen LogP contribution >= 0.6 is 0 Å². The lowest BCUT2D eigenvalue weighted by Crippen LogP contribution is -2.32. The molecule has 20 heavy (non-hydrogen) atoms. The summed E-state index contributed by atoms with van der Waals surface area (Å²) in [7, 11) is -3.31. The number of anilines is 1. The second kappa shape index (κ2) is 5.78. The van der Waals surface area contributed by atoms with E-state index in [0.717, 1.165) is 25.7 Å². The maximum atomic E-state index is 11.7. The normalized spacial score (nSPS) is 23.2. The first-order valence-corrected chi connectivity index (χ1v) is 8.48. The molecule has 1 saturated carbocycles. The van der Waals surface area contributed by atoms with Gasteiger partial charge in [0.25, 0.3) is 0 Å². The lowest BCUT2D eigenvalue weighted by atomic mass is 9.85. The van der Waals surface area contributed by atoms with Crippen molar-refractivity contribution < 1.29 is 13.2 Å². The SMILES string of the molecule is CS(=O)(=O)c1cccnc1NC1CCC(C(N)=O)CC1. The van der Waals surface area contributed by atoms with Crippen molar-refractivity contribution in [3.63, 3.8) is 0 Å². The molecular formula is C13H19N3O3S. The fourth-order valence-electron chi connectivity index (χ4n) is 2.51. The zero-order chi connectivity index (χ0) is 14.8. The number of nitrogens with zero attached hydrogens (tertiary/aromatic N) is 1. The highest BCUT2D eigenvalue weighted by Gasteiger charge is 2.26. The molecule has 0 saturated heterocycles. The third-order valence-electron chi connectivity index (χ3n) is 3.64. The maximum Gasteiger partial charge on any atom is 0.220 e. The van der Waals surface area contributed by atoms with Crippen molar-refractivity contribution in [2.24, 2.45) is 11.7 Å². The molecule has 1 amide bonds. The molecule has 1 aromatic rings. The van der Waals surface area contributed by atoms with Crippen LogP contribution in [0.4, 0.5) is 5.82 Å². The summed E-state index contributed by atoms with van der Waals surface area (Å²) in [6.07, 6.45) is 5.76. The number of sulfone groups is 1. The first-order chi connectivity index (χ1) is 9.38. The van der Waals surface area contributed by atoms with E-state index >= 15 is 0 Å². The van der Waals surface area contributed by atoms with Gasteiger partial charge in [-0.25, -0.2) is 13.4 Å². The van der Waals surface area contributed by atoms with Crippen molar-refractivity contribution in [1.29, 1.82) is 0 Å². The van der Waals surface area contributed by atoms with Crippen LogP contribution in [0.3, 0.4) is 0 Å². The summed E-state index contributed by atoms with van der Waals surface area (Å²) in [6, 6.07) is 3.27. The molecule has 0 atom stereocenters. The standard InChI is InChI=1S/C13H19N3O3S/c1-20(18,19)11-3-2-8-15-13(11)16-10-6-4-9(5-7-10)12(14)17/h2-3,8-10H,4-7H2,1H3,(H2,14,17)(H,15,16). The third-order valence-corrected chi connectivity index (χ3v) is 4.77. The maximum absolute atomic E-state index is 11.7. The van der Waals surface area contributed by atoms with Crippen molar-refractivity contribution in [3.05, 3.63) is 18.3 Å². The molecule has 0 unspecified atom stereocenters. The van der Waals surface area contributed by atoms with Gasteiger partial charge >= 0.3 is 0 Å². The summed E-state index contributed by atoms with van der Waals surface area (Å²) in [5, 5.41) is 3.17. The molecule has 0 spiro atoms. The molecule has 110 valence electrons. The van der Waals surface area contributed by atoms with Crippen molar-refractivity contribution in [2.75, 3.05) is 11.6 Å². The van der Waals surface area contributed by atoms with E-state index in [-0.39, 0.29) is 22.8 Å². The number of hydrogen-bond acceptors (Lipinski definition) is 5. The highest BCUT2D eigenvalue weighted by molar-refractivity contribution is 7.90. The van der Waals surface area contributed by atoms with Gasteiger partial charge in [0.15, 0.2) is 9.84 Å². The molecule has 1 aliphatic rings. The molecule has 1 fully saturated rings. The Morgan fingerprint density at radius 1 is 1.35 bits per heavy atom. The largest absolute Gasteiger partial charge is 0.369 e. The van der Waals surface area contributed by atoms with E-state index in [2.05, 4.69) is 10.3 Å². The Bertz CT molecular complexity index is 593. The Morgan fingerprint density at radius 2 is 2.00 bits per heavy atom. The van der Waals surface area contributed by atoms with Crippen LogP contribution in [-0.4, -0.2) is 31.6 Å². The van der Waals surface area contributed by atoms with Crippen molar-refractivity contribution in [1.82, 2.24) is 4.98 Å². The van der Waals surface area contributed by atoms with Gasteiger partial charge in [-0.3, -0.25) is 4.79 Å². The minimum atomic E-state index is -3.31. The lowest BCUT2D eigenvalue weighted by molar-refractivity contribution is -0.122. The zero-order valence-electron chi connectivity index (χ0n) is 11.4. The number of pyridine rings is 1. The van der Waals surface area contributed by atoms with Crippen LogP contribution in [0.2, 0.25) is 0 Å². The molecule has 1 heterocycles. The third kappa shape index (κ3) is 3.47. The number of amides is 1. The van der Waals surface area contributed by atoms with E-state index in [1.807, 2.05) is 0 Å². The molecule has 7 heteroatoms. The van der Waals surface area contributed by atoms with E-state index in [4.69, 9.17) is 5.73 Å². The van der Waals surface area contributed by atoms with E-state index in [1.54, 1.807) is 18.3 Å². The first-order valence-electron chi connectivity index (χ1n) is 6.59. The van der Waals surface area contributed by atoms with Crippen molar-refractivity contribution in [2.45, 2.75) is 36.6 Å². The van der Waals surface area contributed by atoms with Gasteiger partial charge in [0.05, 0.1) is 0 Å². The molecule has 3 N–H and O–H groups in total. The first kappa shape index (κ1) is 14.8. The number of primary amides is 1. The molecule has 0 aromatic carbocycles. The lowest BCUT2D eigenvalue weighted by Gasteiger charge is -2.28. The zero-order valence-corrected chi connectivity index (χ0v) is 12.2. The number of aromatic nitrogens is 1. The van der Waals surface area contributed by atoms with Gasteiger partial charge in [-0.2, -0.15) is 0 Å². The predicted molar refractivity (Wildman–Crippen MR) is 75.9 cm³/mol. The fraction of sp³-hybridized carbons (Fsp3) is 0.538. The van der Waals surface area contributed by atoms with Crippen LogP contribution in [0.1, 0.15) is 25.7 Å². The molecule has 2 rings (SSSR count). The number of hydrogen-bond donors (Lipinski definition) is 2. The van der Waals surface area contributed by atoms with E-state index in [0.29, 0.717) is 5.82 Å². The Hall–Kier alpha value is -1.63. The molecule has 0 radical (unpaired) electrons. The minimum Gasteiger partial charge on any atom is -0.369 e. The van der Waals surface area contributed by atoms with Gasteiger partial charge in [-0.15, -0.1) is 0 Å². The average Bonchev–Trinajstić information content (AvgIpc) is 2.38. The topological polar surface area (TPSA) is 102 Å². The highest BCUT2D eigenvalue weighted by Crippen LogP contribution is 2.27. The number of nitrogens with one attached hydrogen (secondary N) is 1. The second-order valence-corrected chi connectivity index (χ2v) is 7.20. The Morgan fingerprint density at radius 3 is 2.55 bits per heavy atom. The van der Waals surface area contributed by atoms with Crippen molar-refractivity contribution >= 4 is 21.6 Å². The number of carbonyl (C=O) groups excluding carboxylic acids is 1. The van der Waals surface area contributed by atoms with Gasteiger partial charge in [0.1, 0.15) is 10.7 Å². The van der Waals surface area contributed by atoms with Crippen LogP contribution < -0.4 is 11.1 Å². The van der Waals surface area contributed by atoms with Crippen LogP contribution in [0, 0.1) is 5.92 Å². The van der Waals surface area contributed by atoms with Crippen LogP contribution in [0.5, 0.6) is 0 Å². The quantitative estimate of drug-likeness (QED) is 0.861. The minimum absolute atomic E-state index is 0.0637. The summed E-state index contributed by atoms with van der Waals surface area (Å²) >= 11 is 0. The van der Waals surface area contributed by atoms with Gasteiger partial charge in [-0.1, -0.05) is 0 Å². The van der Waals surface area contributed by atoms with Gasteiger partial charge in [-0.05, 0) is 37.8 Å². The monoisotopic (exact) mass is 297 g/mol. The molecule has 0 aliphatic heterocycles. The molecular weight excluding hydrogens is 278 g/mol. The number of rotatable bonds is 4. The van der Waals surface area contributed by atoms with E-state index in [1.165, 1.54) is 6.26 Å². The predicted octanol–water partition coefficient (Wildman–Crippen LogP) is 0.941. The van der Waals surface area contributed by atoms with Gasteiger partial charge in [0.2, 0.25) is 5.91 Å². The molecule has 1 aromatic heterocycles. The van der Waals surface area contributed by atoms with Crippen molar-refractivity contribution in [3.8, 4) is 0 Å². The van der Waals surface area contributed by atoms with Crippen LogP contribution in [0.15, 0.2) is 23.2 Å². The molecule has 0 bridgehead atoms. The smallest absolute Gasteiger partial charge is 0.220 e. The molecule has 6 nitrogen and oxygen atoms in total. The van der Waals surface area contributed by atoms with E-state index in [9.17, 15) is 13.2 Å². The number of nitrogens with two attached hydrogens (primary N) is 1. The summed E-state index contributed by atoms with van der Waals surface area (Å²) in [6.45, 7) is 0. The molecule has 1 aliphatic carbocycles. The van der Waals surface area contributed by atoms with Crippen LogP contribution in [0.25, 0.3) is 0 Å². The fourth-order valence-corrected chi connectivity index (χ4v) is 3.30. The highest BCUT2D eigenvalue weighted by atomic mass is 32.2. The van der Waals surface area contributed by atoms with Crippen LogP contribution in [-0.2, 0) is 14.6 Å². The van der Waals surface area contributed by atoms with Gasteiger partial charge in [0, 0.05) is 24.4 Å². The summed E-state index contributed by atoms with van der Waals surface area (Å²) in [5.41, 5.74) is 5.30. The Labute approximate surface area is 118 Å². The number of carbonyl (C=O) groups is 1. The summed E-state index contributed by atoms with van der Waals surface area (Å²) in [5.74, 6) is 0.0711. The second-order valence-electron chi connectivity index (χ2n) is 5.22. The average molecular weight is 297 g/mol. The van der Waals surface area contributed by atoms with Gasteiger partial charge < -0.3 is 11.1 Å². The van der Waals surface area contributed by atoms with E-state index < -0.39 is 9.84 Å². The Balaban J connectivity index is 2.07.